The summed E-state index contributed by atoms with van der Waals surface area (Å²) in [7, 11) is 0.291. The van der Waals surface area contributed by atoms with E-state index < -0.39 is 0 Å². The zero-order valence-corrected chi connectivity index (χ0v) is 7.28. The maximum Gasteiger partial charge on any atom is 0.0201 e. The third kappa shape index (κ3) is 2.86. The van der Waals surface area contributed by atoms with E-state index in [1.807, 2.05) is 0 Å². The second kappa shape index (κ2) is 3.25. The van der Waals surface area contributed by atoms with Gasteiger partial charge in [0.05, 0.1) is 0 Å². The van der Waals surface area contributed by atoms with Gasteiger partial charge in [-0.3, -0.25) is 0 Å². The van der Waals surface area contributed by atoms with Gasteiger partial charge in [-0.15, -0.1) is 0 Å². The minimum atomic E-state index is 0.291. The van der Waals surface area contributed by atoms with Crippen molar-refractivity contribution in [2.45, 2.75) is 32.9 Å². The van der Waals surface area contributed by atoms with Crippen LogP contribution in [0.15, 0.2) is 0 Å². The Kier molecular flexibility index (Phi) is 3.35. The van der Waals surface area contributed by atoms with Crippen LogP contribution in [0.2, 0.25) is 12.1 Å². The summed E-state index contributed by atoms with van der Waals surface area (Å²) < 4.78 is 0. The van der Waals surface area contributed by atoms with Crippen LogP contribution in [0.1, 0.15) is 20.8 Å². The van der Waals surface area contributed by atoms with E-state index >= 15 is 0 Å². The summed E-state index contributed by atoms with van der Waals surface area (Å²) >= 11 is 0. The van der Waals surface area contributed by atoms with Crippen LogP contribution in [0, 0.1) is 5.92 Å². The van der Waals surface area contributed by atoms with Crippen LogP contribution in [0.25, 0.3) is 0 Å². The molecule has 0 aliphatic carbocycles. The smallest absolute Gasteiger partial charge is 0.0201 e. The van der Waals surface area contributed by atoms with E-state index in [1.165, 1.54) is 0 Å². The Morgan fingerprint density at radius 3 is 1.57 bits per heavy atom. The van der Waals surface area contributed by atoms with E-state index in [2.05, 4.69) is 27.3 Å². The molecule has 0 bridgehead atoms. The lowest BCUT2D eigenvalue weighted by Crippen LogP contribution is -2.01. The lowest BCUT2D eigenvalue weighted by molar-refractivity contribution is 0.620. The zero-order chi connectivity index (χ0) is 5.86. The summed E-state index contributed by atoms with van der Waals surface area (Å²) in [5.74, 6) is 0.927. The zero-order valence-electron chi connectivity index (χ0n) is 5.86. The molecule has 0 radical (unpaired) electrons. The monoisotopic (exact) mass is 116 g/mol. The normalized spacial score (nSPS) is 16.7. The molecule has 1 atom stereocenters. The first-order valence-electron chi connectivity index (χ1n) is 3.18. The van der Waals surface area contributed by atoms with Crippen LogP contribution >= 0.6 is 0 Å². The average Bonchev–Trinajstić information content (AvgIpc) is 1.65. The van der Waals surface area contributed by atoms with Gasteiger partial charge in [0.15, 0.2) is 0 Å². The summed E-state index contributed by atoms with van der Waals surface area (Å²) in [6.45, 7) is 9.35. The first-order chi connectivity index (χ1) is 3.18. The predicted octanol–water partition coefficient (Wildman–Crippen LogP) is 1.67. The maximum absolute atomic E-state index is 2.38. The molecule has 0 fully saturated rings. The van der Waals surface area contributed by atoms with Gasteiger partial charge in [0.1, 0.15) is 0 Å². The molecule has 0 aromatic carbocycles. The average molecular weight is 116 g/mol. The minimum Gasteiger partial charge on any atom is -0.0746 e. The fourth-order valence-electron chi connectivity index (χ4n) is 0.471. The van der Waals surface area contributed by atoms with Gasteiger partial charge in [-0.25, -0.2) is 0 Å². The van der Waals surface area contributed by atoms with Crippen molar-refractivity contribution in [3.63, 3.8) is 0 Å². The number of hydrogen-bond acceptors (Lipinski definition) is 0. The Morgan fingerprint density at radius 2 is 1.57 bits per heavy atom. The van der Waals surface area contributed by atoms with Gasteiger partial charge in [0, 0.05) is 9.52 Å². The van der Waals surface area contributed by atoms with E-state index in [0.717, 1.165) is 11.5 Å². The molecule has 0 saturated heterocycles. The van der Waals surface area contributed by atoms with Gasteiger partial charge < -0.3 is 0 Å². The largest absolute Gasteiger partial charge is 0.0746 e. The standard InChI is InChI=1S/C6H16Si/c1-5(2)6(3)7-4/h5-6H,7H2,1-4H3. The van der Waals surface area contributed by atoms with Crippen molar-refractivity contribution in [2.75, 3.05) is 0 Å². The molecule has 7 heavy (non-hydrogen) atoms. The Hall–Kier alpha value is 0.217. The summed E-state index contributed by atoms with van der Waals surface area (Å²) in [5, 5.41) is 0. The maximum atomic E-state index is 2.38. The molecule has 0 nitrogen and oxygen atoms in total. The Morgan fingerprint density at radius 1 is 1.14 bits per heavy atom. The second-order valence-electron chi connectivity index (χ2n) is 2.63. The molecule has 0 spiro atoms. The molecule has 0 aromatic rings. The molecule has 0 heterocycles. The molecule has 1 unspecified atom stereocenters. The molecular weight excluding hydrogens is 100 g/mol. The molecule has 0 aliphatic rings. The summed E-state index contributed by atoms with van der Waals surface area (Å²) in [5.41, 5.74) is 1.04. The Bertz CT molecular complexity index is 41.4. The van der Waals surface area contributed by atoms with Gasteiger partial charge in [0.25, 0.3) is 0 Å². The lowest BCUT2D eigenvalue weighted by atomic mass is 10.1. The van der Waals surface area contributed by atoms with Crippen LogP contribution in [0.5, 0.6) is 0 Å². The number of hydrogen-bond donors (Lipinski definition) is 0. The summed E-state index contributed by atoms with van der Waals surface area (Å²) in [4.78, 5) is 0. The van der Waals surface area contributed by atoms with Crippen molar-refractivity contribution in [1.29, 1.82) is 0 Å². The summed E-state index contributed by atoms with van der Waals surface area (Å²) in [6, 6.07) is 0. The van der Waals surface area contributed by atoms with E-state index in [9.17, 15) is 0 Å². The van der Waals surface area contributed by atoms with Crippen molar-refractivity contribution >= 4 is 9.52 Å². The van der Waals surface area contributed by atoms with E-state index in [1.54, 1.807) is 0 Å². The Labute approximate surface area is 49.1 Å². The highest BCUT2D eigenvalue weighted by molar-refractivity contribution is 6.35. The highest BCUT2D eigenvalue weighted by Gasteiger charge is 2.01. The van der Waals surface area contributed by atoms with E-state index in [-0.39, 0.29) is 0 Å². The summed E-state index contributed by atoms with van der Waals surface area (Å²) in [6.07, 6.45) is 0. The molecular formula is C6H16Si. The molecule has 0 saturated carbocycles. The van der Waals surface area contributed by atoms with Gasteiger partial charge in [0.2, 0.25) is 0 Å². The topological polar surface area (TPSA) is 0 Å². The van der Waals surface area contributed by atoms with Crippen molar-refractivity contribution < 1.29 is 0 Å². The van der Waals surface area contributed by atoms with Gasteiger partial charge in [-0.1, -0.05) is 32.9 Å². The quantitative estimate of drug-likeness (QED) is 0.481. The van der Waals surface area contributed by atoms with Crippen molar-refractivity contribution in [3.05, 3.63) is 0 Å². The van der Waals surface area contributed by atoms with Gasteiger partial charge in [-0.05, 0) is 5.92 Å². The van der Waals surface area contributed by atoms with Gasteiger partial charge in [-0.2, -0.15) is 0 Å². The highest BCUT2D eigenvalue weighted by atomic mass is 28.2. The van der Waals surface area contributed by atoms with E-state index in [0.29, 0.717) is 9.52 Å². The van der Waals surface area contributed by atoms with Crippen molar-refractivity contribution in [3.8, 4) is 0 Å². The third-order valence-corrected chi connectivity index (χ3v) is 4.01. The van der Waals surface area contributed by atoms with Crippen molar-refractivity contribution in [1.82, 2.24) is 0 Å². The fourth-order valence-corrected chi connectivity index (χ4v) is 1.41. The van der Waals surface area contributed by atoms with Crippen LogP contribution in [0.3, 0.4) is 0 Å². The van der Waals surface area contributed by atoms with Crippen LogP contribution < -0.4 is 0 Å². The molecule has 0 amide bonds. The van der Waals surface area contributed by atoms with Crippen LogP contribution in [-0.4, -0.2) is 9.52 Å². The molecule has 0 aliphatic heterocycles. The molecule has 0 rings (SSSR count). The molecule has 1 heteroatoms. The first kappa shape index (κ1) is 7.22. The van der Waals surface area contributed by atoms with Crippen molar-refractivity contribution in [2.24, 2.45) is 5.92 Å². The Balaban J connectivity index is 3.14. The predicted molar refractivity (Wildman–Crippen MR) is 38.7 cm³/mol. The van der Waals surface area contributed by atoms with Crippen LogP contribution in [-0.2, 0) is 0 Å². The molecule has 0 aromatic heterocycles. The molecule has 0 N–H and O–H groups in total. The van der Waals surface area contributed by atoms with Gasteiger partial charge >= 0.3 is 0 Å². The lowest BCUT2D eigenvalue weighted by Gasteiger charge is -2.10. The third-order valence-electron chi connectivity index (χ3n) is 1.78. The minimum absolute atomic E-state index is 0.291. The van der Waals surface area contributed by atoms with Crippen LogP contribution in [0.4, 0.5) is 0 Å². The number of rotatable bonds is 2. The SMILES string of the molecule is C[SiH2]C(C)C(C)C. The highest BCUT2D eigenvalue weighted by Crippen LogP contribution is 2.13. The molecule has 44 valence electrons. The second-order valence-corrected chi connectivity index (χ2v) is 4.73. The fraction of sp³-hybridized carbons (Fsp3) is 1.00. The first-order valence-corrected chi connectivity index (χ1v) is 5.41. The van der Waals surface area contributed by atoms with E-state index in [4.69, 9.17) is 0 Å².